The monoisotopic (exact) mass is 691 g/mol. The Balaban J connectivity index is 1.74. The van der Waals surface area contributed by atoms with Gasteiger partial charge in [0.15, 0.2) is 6.10 Å². The Morgan fingerprint density at radius 2 is 1.98 bits per heavy atom. The summed E-state index contributed by atoms with van der Waals surface area (Å²) in [6.45, 7) is 14.1. The van der Waals surface area contributed by atoms with Crippen LogP contribution in [-0.2, 0) is 19.0 Å². The first-order chi connectivity index (χ1) is 23.1. The lowest BCUT2D eigenvalue weighted by molar-refractivity contribution is -0.151. The molecule has 0 aliphatic carbocycles. The van der Waals surface area contributed by atoms with Gasteiger partial charge in [-0.1, -0.05) is 56.7 Å². The van der Waals surface area contributed by atoms with Gasteiger partial charge in [0.1, 0.15) is 17.2 Å². The first-order valence-corrected chi connectivity index (χ1v) is 18.1. The molecule has 0 saturated carbocycles. The third kappa shape index (κ3) is 12.6. The molecule has 3 aliphatic heterocycles. The minimum Gasteiger partial charge on any atom is -0.457 e. The van der Waals surface area contributed by atoms with Crippen LogP contribution in [0.25, 0.3) is 0 Å². The van der Waals surface area contributed by atoms with Gasteiger partial charge in [-0.05, 0) is 77.6 Å². The summed E-state index contributed by atoms with van der Waals surface area (Å²) in [5.74, 6) is -1.02. The second-order valence-electron chi connectivity index (χ2n) is 14.9. The largest absolute Gasteiger partial charge is 0.457 e. The van der Waals surface area contributed by atoms with Crippen molar-refractivity contribution in [1.29, 1.82) is 0 Å². The van der Waals surface area contributed by atoms with Crippen LogP contribution in [0.2, 0.25) is 0 Å². The molecule has 10 unspecified atom stereocenters. The van der Waals surface area contributed by atoms with E-state index < -0.39 is 53.5 Å². The second-order valence-corrected chi connectivity index (χ2v) is 14.9. The van der Waals surface area contributed by atoms with E-state index in [9.17, 15) is 29.8 Å². The smallest absolute Gasteiger partial charge is 0.410 e. The van der Waals surface area contributed by atoms with E-state index in [4.69, 9.17) is 14.2 Å². The van der Waals surface area contributed by atoms with Crippen molar-refractivity contribution >= 4 is 12.1 Å². The number of rotatable bonds is 13. The molecule has 2 saturated heterocycles. The molecule has 3 N–H and O–H groups in total. The number of amides is 1. The molecule has 0 bridgehead atoms. The number of aliphatic hydroxyl groups excluding tert-OH is 2. The van der Waals surface area contributed by atoms with Crippen LogP contribution in [0.15, 0.2) is 41.1 Å². The number of esters is 1. The van der Waals surface area contributed by atoms with Crippen LogP contribution in [0.1, 0.15) is 92.9 Å². The number of carbonyl (C=O) groups is 2. The third-order valence-corrected chi connectivity index (χ3v) is 10.3. The van der Waals surface area contributed by atoms with E-state index in [1.807, 2.05) is 20.8 Å². The maximum Gasteiger partial charge on any atom is 0.410 e. The van der Waals surface area contributed by atoms with Crippen LogP contribution in [0.4, 0.5) is 4.79 Å². The van der Waals surface area contributed by atoms with E-state index >= 15 is 0 Å². The third-order valence-electron chi connectivity index (χ3n) is 10.3. The first-order valence-electron chi connectivity index (χ1n) is 18.1. The molecular formula is C37H61N3O9. The van der Waals surface area contributed by atoms with Crippen LogP contribution in [0.5, 0.6) is 0 Å². The summed E-state index contributed by atoms with van der Waals surface area (Å²) in [5.41, 5.74) is -1.87. The molecule has 3 aliphatic rings. The number of ether oxygens (including phenoxy) is 3. The van der Waals surface area contributed by atoms with Crippen LogP contribution in [0.3, 0.4) is 0 Å². The van der Waals surface area contributed by atoms with E-state index in [2.05, 4.69) is 10.1 Å². The molecule has 0 aromatic rings. The number of allylic oxidation sites excluding steroid dienone is 2. The average molecular weight is 692 g/mol. The van der Waals surface area contributed by atoms with Gasteiger partial charge in [-0.25, -0.2) is 4.79 Å². The summed E-state index contributed by atoms with van der Waals surface area (Å²) in [6.07, 6.45) is 8.92. The molecular weight excluding hydrogens is 630 g/mol. The number of carbonyl (C=O) groups excluding carboxylic acids is 2. The van der Waals surface area contributed by atoms with Crippen LogP contribution in [-0.4, -0.2) is 118 Å². The Labute approximate surface area is 292 Å². The summed E-state index contributed by atoms with van der Waals surface area (Å²) in [5, 5.41) is 35.6. The summed E-state index contributed by atoms with van der Waals surface area (Å²) in [6, 6.07) is 0. The number of likely N-dealkylation sites (N-methyl/N-ethyl adjacent to an activating group) is 1. The van der Waals surface area contributed by atoms with Crippen molar-refractivity contribution in [3.63, 3.8) is 0 Å². The molecule has 3 rings (SSSR count). The van der Waals surface area contributed by atoms with Crippen LogP contribution < -0.4 is 0 Å². The van der Waals surface area contributed by atoms with E-state index in [1.165, 1.54) is 11.3 Å². The van der Waals surface area contributed by atoms with Crippen molar-refractivity contribution in [2.75, 3.05) is 33.2 Å². The number of likely N-dealkylation sites (tertiary alicyclic amines) is 1. The lowest BCUT2D eigenvalue weighted by Gasteiger charge is -2.34. The number of hydrogen-bond acceptors (Lipinski definition) is 11. The van der Waals surface area contributed by atoms with E-state index in [0.717, 1.165) is 32.5 Å². The highest BCUT2D eigenvalue weighted by atomic mass is 16.6. The van der Waals surface area contributed by atoms with E-state index in [0.29, 0.717) is 25.0 Å². The highest BCUT2D eigenvalue weighted by Crippen LogP contribution is 2.39. The molecule has 49 heavy (non-hydrogen) atoms. The van der Waals surface area contributed by atoms with Crippen molar-refractivity contribution in [2.45, 2.75) is 141 Å². The predicted octanol–water partition coefficient (Wildman–Crippen LogP) is 4.90. The fourth-order valence-electron chi connectivity index (χ4n) is 6.63. The molecule has 10 atom stereocenters. The zero-order chi connectivity index (χ0) is 36.4. The maximum absolute atomic E-state index is 13.2. The quantitative estimate of drug-likeness (QED) is 0.0797. The molecule has 0 aromatic heterocycles. The van der Waals surface area contributed by atoms with Gasteiger partial charge in [0.2, 0.25) is 0 Å². The summed E-state index contributed by atoms with van der Waals surface area (Å²) >= 11 is 0. The summed E-state index contributed by atoms with van der Waals surface area (Å²) in [7, 11) is 1.68. The van der Waals surface area contributed by atoms with Gasteiger partial charge in [-0.3, -0.25) is 4.79 Å². The topological polar surface area (TPSA) is 162 Å². The Hall–Kier alpha value is -2.64. The lowest BCUT2D eigenvalue weighted by Crippen LogP contribution is -2.45. The summed E-state index contributed by atoms with van der Waals surface area (Å²) in [4.78, 5) is 41.8. The zero-order valence-corrected chi connectivity index (χ0v) is 30.6. The Bertz CT molecular complexity index is 1180. The molecule has 2 fully saturated rings. The standard InChI is InChI=1S/C37H61N3O9/c1-8-29(42)27(4)34-30(47-34)24-36(5,38-46)17-12-13-25(2)33-26(3)14-15-31(37(6,45)18-16-28(41)23-32(43)49-33)48-35(44)39(7)21-22-40-19-10-9-11-20-40/h12-15,17,26-31,33-34,41-42,45H,8-11,16,18-24H2,1-7H3/b15-14+,17-12+,25-13+. The molecule has 12 heteroatoms. The van der Waals surface area contributed by atoms with Gasteiger partial charge in [0.25, 0.3) is 0 Å². The average Bonchev–Trinajstić information content (AvgIpc) is 3.84. The molecule has 3 heterocycles. The molecule has 0 radical (unpaired) electrons. The highest BCUT2D eigenvalue weighted by Gasteiger charge is 2.48. The SMILES string of the molecule is CCC(O)C(C)C1OC1CC(C)(/C=C/C=C(\C)C1OC(=O)CC(O)CCC(C)(O)C(OC(=O)N(C)CCN2CCCCC2)/C=C/C1C)N=O. The van der Waals surface area contributed by atoms with Crippen molar-refractivity contribution in [2.24, 2.45) is 17.0 Å². The zero-order valence-electron chi connectivity index (χ0n) is 30.6. The number of nitroso groups, excluding NO2 is 1. The van der Waals surface area contributed by atoms with Crippen LogP contribution >= 0.6 is 0 Å². The van der Waals surface area contributed by atoms with Gasteiger partial charge in [0.05, 0.1) is 30.8 Å². The van der Waals surface area contributed by atoms with E-state index in [1.54, 1.807) is 58.2 Å². The normalized spacial score (nSPS) is 33.7. The lowest BCUT2D eigenvalue weighted by atomic mass is 9.88. The minimum absolute atomic E-state index is 0.0435. The fourth-order valence-corrected chi connectivity index (χ4v) is 6.63. The Morgan fingerprint density at radius 1 is 1.29 bits per heavy atom. The molecule has 278 valence electrons. The van der Waals surface area contributed by atoms with Crippen molar-refractivity contribution < 1.29 is 39.1 Å². The van der Waals surface area contributed by atoms with Crippen molar-refractivity contribution in [3.05, 3.63) is 40.9 Å². The van der Waals surface area contributed by atoms with Gasteiger partial charge < -0.3 is 39.3 Å². The molecule has 0 aromatic carbocycles. The number of aliphatic hydroxyl groups is 3. The number of piperidine rings is 1. The van der Waals surface area contributed by atoms with Gasteiger partial charge in [-0.15, -0.1) is 4.91 Å². The number of cyclic esters (lactones) is 1. The Kier molecular flexibility index (Phi) is 15.4. The maximum atomic E-state index is 13.2. The fraction of sp³-hybridized carbons (Fsp3) is 0.784. The van der Waals surface area contributed by atoms with Gasteiger partial charge in [0, 0.05) is 38.4 Å². The Morgan fingerprint density at radius 3 is 2.63 bits per heavy atom. The van der Waals surface area contributed by atoms with E-state index in [-0.39, 0.29) is 37.4 Å². The van der Waals surface area contributed by atoms with Crippen molar-refractivity contribution in [1.82, 2.24) is 9.80 Å². The van der Waals surface area contributed by atoms with Gasteiger partial charge in [-0.2, -0.15) is 0 Å². The first kappa shape index (κ1) is 40.8. The predicted molar refractivity (Wildman–Crippen MR) is 188 cm³/mol. The number of nitrogens with zero attached hydrogens (tertiary/aromatic N) is 3. The number of epoxide rings is 1. The second kappa shape index (κ2) is 18.6. The number of hydrogen-bond donors (Lipinski definition) is 3. The highest BCUT2D eigenvalue weighted by molar-refractivity contribution is 5.70. The molecule has 1 amide bonds. The summed E-state index contributed by atoms with van der Waals surface area (Å²) < 4.78 is 17.5. The molecule has 12 nitrogen and oxygen atoms in total. The van der Waals surface area contributed by atoms with Gasteiger partial charge >= 0.3 is 12.1 Å². The molecule has 0 spiro atoms. The van der Waals surface area contributed by atoms with Crippen molar-refractivity contribution in [3.8, 4) is 0 Å². The van der Waals surface area contributed by atoms with Crippen LogP contribution in [0, 0.1) is 16.7 Å². The minimum atomic E-state index is -1.50.